The number of carboxylic acids is 1. The van der Waals surface area contributed by atoms with Crippen LogP contribution < -0.4 is 4.74 Å². The van der Waals surface area contributed by atoms with Gasteiger partial charge in [-0.25, -0.2) is 0 Å². The number of hydrogen-bond acceptors (Lipinski definition) is 6. The number of nitrogens with zero attached hydrogens (tertiary/aromatic N) is 2. The fourth-order valence-corrected chi connectivity index (χ4v) is 3.53. The standard InChI is InChI=1S/C16H20N2O6S/c1-16(15(20)21)5-4-6-17(9-16)14(19)10-7-13(25-3)12(24-2)8-11(10)18(22)23/h7-8H,4-6,9H2,1-3H3,(H,20,21). The summed E-state index contributed by atoms with van der Waals surface area (Å²) in [7, 11) is 1.41. The minimum atomic E-state index is -1.04. The number of hydrogen-bond donors (Lipinski definition) is 1. The largest absolute Gasteiger partial charge is 0.495 e. The number of likely N-dealkylation sites (tertiary alicyclic amines) is 1. The highest BCUT2D eigenvalue weighted by molar-refractivity contribution is 7.98. The third-order valence-electron chi connectivity index (χ3n) is 4.43. The number of nitro benzene ring substituents is 1. The molecule has 0 spiro atoms. The van der Waals surface area contributed by atoms with E-state index in [1.54, 1.807) is 13.2 Å². The number of thioether (sulfide) groups is 1. The van der Waals surface area contributed by atoms with E-state index in [9.17, 15) is 24.8 Å². The van der Waals surface area contributed by atoms with Crippen LogP contribution in [0.15, 0.2) is 17.0 Å². The van der Waals surface area contributed by atoms with E-state index in [1.165, 1.54) is 35.9 Å². The van der Waals surface area contributed by atoms with Gasteiger partial charge in [0.2, 0.25) is 0 Å². The number of piperidine rings is 1. The Morgan fingerprint density at radius 2 is 2.12 bits per heavy atom. The molecule has 136 valence electrons. The molecule has 1 unspecified atom stereocenters. The number of ether oxygens (including phenoxy) is 1. The lowest BCUT2D eigenvalue weighted by molar-refractivity contribution is -0.385. The van der Waals surface area contributed by atoms with Gasteiger partial charge in [0.1, 0.15) is 11.3 Å². The molecule has 0 saturated carbocycles. The average Bonchev–Trinajstić information content (AvgIpc) is 2.59. The van der Waals surface area contributed by atoms with Crippen molar-refractivity contribution in [2.24, 2.45) is 5.41 Å². The lowest BCUT2D eigenvalue weighted by Crippen LogP contribution is -2.48. The molecule has 1 aromatic carbocycles. The third kappa shape index (κ3) is 3.71. The molecular weight excluding hydrogens is 348 g/mol. The van der Waals surface area contributed by atoms with Gasteiger partial charge in [-0.15, -0.1) is 11.8 Å². The summed E-state index contributed by atoms with van der Waals surface area (Å²) in [5.74, 6) is -1.18. The third-order valence-corrected chi connectivity index (χ3v) is 5.19. The summed E-state index contributed by atoms with van der Waals surface area (Å²) in [5, 5.41) is 20.8. The first-order valence-corrected chi connectivity index (χ1v) is 8.89. The maximum atomic E-state index is 12.9. The molecule has 1 N–H and O–H groups in total. The molecule has 2 rings (SSSR count). The van der Waals surface area contributed by atoms with Crippen molar-refractivity contribution >= 4 is 29.3 Å². The van der Waals surface area contributed by atoms with Crippen molar-refractivity contribution in [3.05, 3.63) is 27.8 Å². The SMILES string of the molecule is COc1cc([N+](=O)[O-])c(C(=O)N2CCCC(C)(C(=O)O)C2)cc1SC. The van der Waals surface area contributed by atoms with Gasteiger partial charge in [-0.05, 0) is 32.1 Å². The summed E-state index contributed by atoms with van der Waals surface area (Å²) >= 11 is 1.31. The molecule has 1 atom stereocenters. The molecule has 0 aliphatic carbocycles. The van der Waals surface area contributed by atoms with Crippen molar-refractivity contribution in [1.82, 2.24) is 4.90 Å². The smallest absolute Gasteiger partial charge is 0.311 e. The molecule has 25 heavy (non-hydrogen) atoms. The maximum absolute atomic E-state index is 12.9. The highest BCUT2D eigenvalue weighted by Gasteiger charge is 2.40. The molecular formula is C16H20N2O6S. The Kier molecular flexibility index (Phi) is 5.56. The van der Waals surface area contributed by atoms with Gasteiger partial charge in [0.15, 0.2) is 0 Å². The van der Waals surface area contributed by atoms with Gasteiger partial charge in [-0.2, -0.15) is 0 Å². The predicted molar refractivity (Wildman–Crippen MR) is 92.3 cm³/mol. The fraction of sp³-hybridized carbons (Fsp3) is 0.500. The molecule has 0 aromatic heterocycles. The van der Waals surface area contributed by atoms with Crippen molar-refractivity contribution < 1.29 is 24.4 Å². The Hall–Kier alpha value is -2.29. The number of amides is 1. The van der Waals surface area contributed by atoms with Crippen LogP contribution in [0.2, 0.25) is 0 Å². The number of nitro groups is 1. The van der Waals surface area contributed by atoms with Crippen molar-refractivity contribution in [2.75, 3.05) is 26.5 Å². The number of benzene rings is 1. The van der Waals surface area contributed by atoms with Crippen molar-refractivity contribution in [1.29, 1.82) is 0 Å². The van der Waals surface area contributed by atoms with E-state index in [0.29, 0.717) is 30.0 Å². The highest BCUT2D eigenvalue weighted by atomic mass is 32.2. The van der Waals surface area contributed by atoms with Gasteiger partial charge in [0.25, 0.3) is 11.6 Å². The van der Waals surface area contributed by atoms with Gasteiger partial charge in [0, 0.05) is 13.1 Å². The van der Waals surface area contributed by atoms with Gasteiger partial charge >= 0.3 is 5.97 Å². The Labute approximate surface area is 149 Å². The van der Waals surface area contributed by atoms with E-state index in [-0.39, 0.29) is 17.8 Å². The zero-order chi connectivity index (χ0) is 18.8. The fourth-order valence-electron chi connectivity index (χ4n) is 2.95. The predicted octanol–water partition coefficient (Wildman–Crippen LogP) is 2.65. The second kappa shape index (κ2) is 7.30. The minimum Gasteiger partial charge on any atom is -0.495 e. The molecule has 0 radical (unpaired) electrons. The summed E-state index contributed by atoms with van der Waals surface area (Å²) in [6.07, 6.45) is 2.78. The van der Waals surface area contributed by atoms with Gasteiger partial charge in [-0.3, -0.25) is 19.7 Å². The molecule has 1 saturated heterocycles. The summed E-state index contributed by atoms with van der Waals surface area (Å²) in [5.41, 5.74) is -1.44. The summed E-state index contributed by atoms with van der Waals surface area (Å²) in [6, 6.07) is 2.68. The van der Waals surface area contributed by atoms with Crippen LogP contribution in [0.1, 0.15) is 30.1 Å². The van der Waals surface area contributed by atoms with Crippen LogP contribution in [0.25, 0.3) is 0 Å². The number of aliphatic carboxylic acids is 1. The zero-order valence-electron chi connectivity index (χ0n) is 14.3. The van der Waals surface area contributed by atoms with Crippen LogP contribution in [-0.4, -0.2) is 53.3 Å². The Bertz CT molecular complexity index is 723. The Morgan fingerprint density at radius 3 is 2.64 bits per heavy atom. The number of carbonyl (C=O) groups excluding carboxylic acids is 1. The molecule has 1 heterocycles. The highest BCUT2D eigenvalue weighted by Crippen LogP contribution is 2.36. The van der Waals surface area contributed by atoms with Crippen LogP contribution >= 0.6 is 11.8 Å². The normalized spacial score (nSPS) is 20.2. The average molecular weight is 368 g/mol. The first-order chi connectivity index (χ1) is 11.7. The topological polar surface area (TPSA) is 110 Å². The van der Waals surface area contributed by atoms with E-state index >= 15 is 0 Å². The van der Waals surface area contributed by atoms with Crippen LogP contribution in [0.3, 0.4) is 0 Å². The van der Waals surface area contributed by atoms with Gasteiger partial charge < -0.3 is 14.7 Å². The quantitative estimate of drug-likeness (QED) is 0.483. The van der Waals surface area contributed by atoms with Crippen LogP contribution in [0, 0.1) is 15.5 Å². The number of carbonyl (C=O) groups is 2. The molecule has 1 aromatic rings. The van der Waals surface area contributed by atoms with Crippen molar-refractivity contribution in [3.63, 3.8) is 0 Å². The lowest BCUT2D eigenvalue weighted by atomic mass is 9.82. The Balaban J connectivity index is 2.44. The molecule has 8 nitrogen and oxygen atoms in total. The zero-order valence-corrected chi connectivity index (χ0v) is 15.1. The van der Waals surface area contributed by atoms with Gasteiger partial charge in [-0.1, -0.05) is 0 Å². The Morgan fingerprint density at radius 1 is 1.44 bits per heavy atom. The second-order valence-electron chi connectivity index (χ2n) is 6.18. The first-order valence-electron chi connectivity index (χ1n) is 7.66. The first kappa shape index (κ1) is 19.0. The number of methoxy groups -OCH3 is 1. The van der Waals surface area contributed by atoms with Crippen LogP contribution in [0.4, 0.5) is 5.69 Å². The molecule has 1 amide bonds. The minimum absolute atomic E-state index is 0.0267. The van der Waals surface area contributed by atoms with Gasteiger partial charge in [0.05, 0.1) is 28.4 Å². The van der Waals surface area contributed by atoms with Crippen molar-refractivity contribution in [2.45, 2.75) is 24.7 Å². The lowest BCUT2D eigenvalue weighted by Gasteiger charge is -2.37. The van der Waals surface area contributed by atoms with E-state index in [1.807, 2.05) is 0 Å². The molecule has 0 bridgehead atoms. The molecule has 1 aliphatic rings. The maximum Gasteiger partial charge on any atom is 0.311 e. The van der Waals surface area contributed by atoms with E-state index in [2.05, 4.69) is 0 Å². The monoisotopic (exact) mass is 368 g/mol. The van der Waals surface area contributed by atoms with E-state index in [4.69, 9.17) is 4.74 Å². The van der Waals surface area contributed by atoms with E-state index < -0.39 is 22.2 Å². The summed E-state index contributed by atoms with van der Waals surface area (Å²) in [6.45, 7) is 1.99. The molecule has 1 fully saturated rings. The van der Waals surface area contributed by atoms with E-state index in [0.717, 1.165) is 0 Å². The molecule has 1 aliphatic heterocycles. The second-order valence-corrected chi connectivity index (χ2v) is 7.03. The van der Waals surface area contributed by atoms with Crippen LogP contribution in [0.5, 0.6) is 5.75 Å². The number of carboxylic acid groups (broad SMARTS) is 1. The summed E-state index contributed by atoms with van der Waals surface area (Å²) < 4.78 is 5.14. The van der Waals surface area contributed by atoms with Crippen LogP contribution in [-0.2, 0) is 4.79 Å². The number of rotatable bonds is 5. The van der Waals surface area contributed by atoms with Crippen molar-refractivity contribution in [3.8, 4) is 5.75 Å². The summed E-state index contributed by atoms with van der Waals surface area (Å²) in [4.78, 5) is 37.1. The molecule has 9 heteroatoms.